The molecule has 1 heterocycles. The summed E-state index contributed by atoms with van der Waals surface area (Å²) in [6.45, 7) is 4.79. The van der Waals surface area contributed by atoms with Crippen molar-refractivity contribution in [2.45, 2.75) is 33.2 Å². The van der Waals surface area contributed by atoms with Crippen molar-refractivity contribution in [3.8, 4) is 5.75 Å². The van der Waals surface area contributed by atoms with E-state index in [1.165, 1.54) is 12.8 Å². The second kappa shape index (κ2) is 6.22. The summed E-state index contributed by atoms with van der Waals surface area (Å²) in [4.78, 5) is 12.1. The quantitative estimate of drug-likeness (QED) is 0.892. The molecule has 0 atom stereocenters. The van der Waals surface area contributed by atoms with Gasteiger partial charge in [-0.3, -0.25) is 4.79 Å². The Morgan fingerprint density at radius 2 is 2.09 bits per heavy atom. The van der Waals surface area contributed by atoms with Gasteiger partial charge in [0.1, 0.15) is 11.6 Å². The molecule has 0 saturated heterocycles. The van der Waals surface area contributed by atoms with Crippen molar-refractivity contribution in [1.29, 1.82) is 0 Å². The standard InChI is InChI=1S/C17H21N3O2/c1-12-5-3-4-6-15(12)22-11-16(21)19-17-13(2)9-18-20(17)10-14-7-8-14/h3-6,9,14H,7-8,10-11H2,1-2H3,(H,19,21). The topological polar surface area (TPSA) is 56.1 Å². The Bertz CT molecular complexity index is 674. The molecule has 1 aromatic heterocycles. The van der Waals surface area contributed by atoms with Crippen LogP contribution in [0.25, 0.3) is 0 Å². The number of ether oxygens (including phenoxy) is 1. The van der Waals surface area contributed by atoms with Gasteiger partial charge in [-0.2, -0.15) is 5.10 Å². The number of nitrogens with zero attached hydrogens (tertiary/aromatic N) is 2. The van der Waals surface area contributed by atoms with E-state index in [2.05, 4.69) is 10.4 Å². The summed E-state index contributed by atoms with van der Waals surface area (Å²) in [6.07, 6.45) is 4.30. The van der Waals surface area contributed by atoms with Crippen molar-refractivity contribution >= 4 is 11.7 Å². The smallest absolute Gasteiger partial charge is 0.263 e. The minimum absolute atomic E-state index is 0.00109. The van der Waals surface area contributed by atoms with Crippen LogP contribution in [0.15, 0.2) is 30.5 Å². The maximum atomic E-state index is 12.1. The van der Waals surface area contributed by atoms with Crippen LogP contribution in [0.2, 0.25) is 0 Å². The minimum atomic E-state index is -0.163. The number of benzene rings is 1. The highest BCUT2D eigenvalue weighted by atomic mass is 16.5. The summed E-state index contributed by atoms with van der Waals surface area (Å²) in [7, 11) is 0. The van der Waals surface area contributed by atoms with Crippen LogP contribution < -0.4 is 10.1 Å². The number of hydrogen-bond donors (Lipinski definition) is 1. The lowest BCUT2D eigenvalue weighted by Crippen LogP contribution is -2.23. The molecule has 22 heavy (non-hydrogen) atoms. The largest absolute Gasteiger partial charge is 0.483 e. The van der Waals surface area contributed by atoms with Gasteiger partial charge in [-0.1, -0.05) is 18.2 Å². The maximum Gasteiger partial charge on any atom is 0.263 e. The van der Waals surface area contributed by atoms with E-state index in [-0.39, 0.29) is 12.5 Å². The van der Waals surface area contributed by atoms with Gasteiger partial charge < -0.3 is 10.1 Å². The Hall–Kier alpha value is -2.30. The molecule has 1 aromatic carbocycles. The first-order valence-electron chi connectivity index (χ1n) is 7.64. The first-order chi connectivity index (χ1) is 10.6. The first-order valence-corrected chi connectivity index (χ1v) is 7.64. The summed E-state index contributed by atoms with van der Waals surface area (Å²) in [5.74, 6) is 2.06. The number of nitrogens with one attached hydrogen (secondary N) is 1. The van der Waals surface area contributed by atoms with Crippen LogP contribution in [0, 0.1) is 19.8 Å². The molecule has 1 aliphatic carbocycles. The molecule has 1 N–H and O–H groups in total. The van der Waals surface area contributed by atoms with Crippen LogP contribution in [0.3, 0.4) is 0 Å². The predicted molar refractivity (Wildman–Crippen MR) is 85.0 cm³/mol. The highest BCUT2D eigenvalue weighted by Crippen LogP contribution is 2.31. The average Bonchev–Trinajstić information content (AvgIpc) is 3.26. The Kier molecular flexibility index (Phi) is 4.13. The van der Waals surface area contributed by atoms with E-state index in [1.807, 2.05) is 42.8 Å². The first kappa shape index (κ1) is 14.6. The van der Waals surface area contributed by atoms with Crippen LogP contribution in [-0.4, -0.2) is 22.3 Å². The second-order valence-corrected chi connectivity index (χ2v) is 5.90. The van der Waals surface area contributed by atoms with Crippen molar-refractivity contribution < 1.29 is 9.53 Å². The van der Waals surface area contributed by atoms with Gasteiger partial charge in [0.05, 0.1) is 6.20 Å². The van der Waals surface area contributed by atoms with Gasteiger partial charge in [0.2, 0.25) is 0 Å². The maximum absolute atomic E-state index is 12.1. The zero-order chi connectivity index (χ0) is 15.5. The van der Waals surface area contributed by atoms with E-state index < -0.39 is 0 Å². The van der Waals surface area contributed by atoms with Crippen molar-refractivity contribution in [2.75, 3.05) is 11.9 Å². The molecular formula is C17H21N3O2. The number of carbonyl (C=O) groups excluding carboxylic acids is 1. The summed E-state index contributed by atoms with van der Waals surface area (Å²) in [6, 6.07) is 7.67. The number of anilines is 1. The van der Waals surface area contributed by atoms with Gasteiger partial charge >= 0.3 is 0 Å². The fourth-order valence-electron chi connectivity index (χ4n) is 2.36. The number of aryl methyl sites for hydroxylation is 2. The highest BCUT2D eigenvalue weighted by molar-refractivity contribution is 5.91. The molecule has 0 radical (unpaired) electrons. The molecule has 1 fully saturated rings. The highest BCUT2D eigenvalue weighted by Gasteiger charge is 2.24. The van der Waals surface area contributed by atoms with Gasteiger partial charge in [0, 0.05) is 12.1 Å². The minimum Gasteiger partial charge on any atom is -0.483 e. The molecule has 1 saturated carbocycles. The van der Waals surface area contributed by atoms with Crippen LogP contribution in [0.4, 0.5) is 5.82 Å². The van der Waals surface area contributed by atoms with Crippen molar-refractivity contribution in [2.24, 2.45) is 5.92 Å². The number of hydrogen-bond acceptors (Lipinski definition) is 3. The van der Waals surface area contributed by atoms with Crippen molar-refractivity contribution in [3.63, 3.8) is 0 Å². The van der Waals surface area contributed by atoms with Gasteiger partial charge in [-0.15, -0.1) is 0 Å². The third kappa shape index (κ3) is 3.47. The third-order valence-electron chi connectivity index (χ3n) is 3.86. The zero-order valence-electron chi connectivity index (χ0n) is 13.0. The lowest BCUT2D eigenvalue weighted by molar-refractivity contribution is -0.118. The molecule has 0 bridgehead atoms. The van der Waals surface area contributed by atoms with Gasteiger partial charge in [0.25, 0.3) is 5.91 Å². The third-order valence-corrected chi connectivity index (χ3v) is 3.86. The zero-order valence-corrected chi connectivity index (χ0v) is 13.0. The molecule has 5 nitrogen and oxygen atoms in total. The molecule has 0 unspecified atom stereocenters. The number of para-hydroxylation sites is 1. The Morgan fingerprint density at radius 1 is 1.32 bits per heavy atom. The average molecular weight is 299 g/mol. The lowest BCUT2D eigenvalue weighted by Gasteiger charge is -2.11. The van der Waals surface area contributed by atoms with E-state index in [1.54, 1.807) is 6.20 Å². The molecule has 3 rings (SSSR count). The van der Waals surface area contributed by atoms with Crippen LogP contribution in [0.1, 0.15) is 24.0 Å². The lowest BCUT2D eigenvalue weighted by atomic mass is 10.2. The van der Waals surface area contributed by atoms with E-state index in [4.69, 9.17) is 4.74 Å². The normalized spacial score (nSPS) is 13.9. The van der Waals surface area contributed by atoms with Crippen molar-refractivity contribution in [3.05, 3.63) is 41.6 Å². The Balaban J connectivity index is 1.59. The molecule has 0 aliphatic heterocycles. The molecule has 1 amide bonds. The van der Waals surface area contributed by atoms with Gasteiger partial charge in [0.15, 0.2) is 6.61 Å². The fourth-order valence-corrected chi connectivity index (χ4v) is 2.36. The van der Waals surface area contributed by atoms with Gasteiger partial charge in [-0.25, -0.2) is 4.68 Å². The van der Waals surface area contributed by atoms with E-state index >= 15 is 0 Å². The monoisotopic (exact) mass is 299 g/mol. The molecule has 5 heteroatoms. The Labute approximate surface area is 130 Å². The molecule has 2 aromatic rings. The fraction of sp³-hybridized carbons (Fsp3) is 0.412. The summed E-state index contributed by atoms with van der Waals surface area (Å²) < 4.78 is 7.47. The molecular weight excluding hydrogens is 278 g/mol. The summed E-state index contributed by atoms with van der Waals surface area (Å²) in [5, 5.41) is 7.26. The number of aromatic nitrogens is 2. The SMILES string of the molecule is Cc1ccccc1OCC(=O)Nc1c(C)cnn1CC1CC1. The number of rotatable bonds is 6. The van der Waals surface area contributed by atoms with Crippen LogP contribution in [0.5, 0.6) is 5.75 Å². The number of amides is 1. The van der Waals surface area contributed by atoms with E-state index in [9.17, 15) is 4.79 Å². The van der Waals surface area contributed by atoms with Crippen LogP contribution in [-0.2, 0) is 11.3 Å². The van der Waals surface area contributed by atoms with E-state index in [0.29, 0.717) is 5.92 Å². The second-order valence-electron chi connectivity index (χ2n) is 5.90. The molecule has 1 aliphatic rings. The summed E-state index contributed by atoms with van der Waals surface area (Å²) in [5.41, 5.74) is 2.00. The molecule has 116 valence electrons. The van der Waals surface area contributed by atoms with Crippen LogP contribution >= 0.6 is 0 Å². The van der Waals surface area contributed by atoms with E-state index in [0.717, 1.165) is 29.2 Å². The number of carbonyl (C=O) groups is 1. The predicted octanol–water partition coefficient (Wildman–Crippen LogP) is 2.93. The Morgan fingerprint density at radius 3 is 2.82 bits per heavy atom. The van der Waals surface area contributed by atoms with Crippen molar-refractivity contribution in [1.82, 2.24) is 9.78 Å². The molecule has 0 spiro atoms. The summed E-state index contributed by atoms with van der Waals surface area (Å²) >= 11 is 0. The van der Waals surface area contributed by atoms with Gasteiger partial charge in [-0.05, 0) is 44.2 Å².